The number of methoxy groups -OCH3 is 1. The summed E-state index contributed by atoms with van der Waals surface area (Å²) in [6.07, 6.45) is 3.75. The van der Waals surface area contributed by atoms with Crippen LogP contribution in [0.1, 0.15) is 44.7 Å². The summed E-state index contributed by atoms with van der Waals surface area (Å²) in [5, 5.41) is 15.9. The zero-order chi connectivity index (χ0) is 38.6. The van der Waals surface area contributed by atoms with E-state index in [1.807, 2.05) is 54.6 Å². The molecule has 5 aromatic rings. The van der Waals surface area contributed by atoms with Crippen LogP contribution in [-0.2, 0) is 22.6 Å². The van der Waals surface area contributed by atoms with Gasteiger partial charge in [-0.3, -0.25) is 14.0 Å². The van der Waals surface area contributed by atoms with Gasteiger partial charge in [-0.2, -0.15) is 0 Å². The molecular formula is C40H42Cl2N6O6. The number of halogens is 2. The smallest absolute Gasteiger partial charge is 0.410 e. The Labute approximate surface area is 323 Å². The SMILES string of the molecule is COc1nc(-c2cccc(-c3cccc(-c4ccn5c(=O)c(CNCCO)cnc5c4)c3Cl)c2Cl)ccc1CN(C[C@@H]1CCC(=O)N1)C(=O)OC(C)(C)C. The lowest BCUT2D eigenvalue weighted by Crippen LogP contribution is -2.43. The van der Waals surface area contributed by atoms with Crippen LogP contribution >= 0.6 is 23.2 Å². The molecule has 0 spiro atoms. The van der Waals surface area contributed by atoms with Gasteiger partial charge < -0.3 is 30.1 Å². The molecule has 1 aliphatic heterocycles. The highest BCUT2D eigenvalue weighted by Gasteiger charge is 2.29. The number of hydrogen-bond donors (Lipinski definition) is 3. The number of rotatable bonds is 12. The van der Waals surface area contributed by atoms with Crippen molar-refractivity contribution < 1.29 is 24.2 Å². The third kappa shape index (κ3) is 8.68. The molecule has 0 bridgehead atoms. The van der Waals surface area contributed by atoms with Gasteiger partial charge in [-0.25, -0.2) is 14.8 Å². The van der Waals surface area contributed by atoms with Crippen molar-refractivity contribution in [2.24, 2.45) is 0 Å². The maximum Gasteiger partial charge on any atom is 0.410 e. The number of pyridine rings is 2. The normalized spacial score (nSPS) is 14.3. The van der Waals surface area contributed by atoms with E-state index in [0.717, 1.165) is 11.1 Å². The first-order chi connectivity index (χ1) is 25.9. The highest BCUT2D eigenvalue weighted by Crippen LogP contribution is 2.42. The number of amides is 2. The molecule has 1 aliphatic rings. The quantitative estimate of drug-likeness (QED) is 0.121. The number of fused-ring (bicyclic) bond motifs is 1. The molecule has 0 aliphatic carbocycles. The van der Waals surface area contributed by atoms with E-state index in [1.165, 1.54) is 11.5 Å². The van der Waals surface area contributed by atoms with Gasteiger partial charge in [0.05, 0.1) is 36.0 Å². The van der Waals surface area contributed by atoms with Gasteiger partial charge in [0.15, 0.2) is 0 Å². The third-order valence-corrected chi connectivity index (χ3v) is 9.74. The molecule has 2 amide bonds. The number of carbonyl (C=O) groups excluding carboxylic acids is 2. The number of benzene rings is 2. The number of carbonyl (C=O) groups is 2. The van der Waals surface area contributed by atoms with E-state index in [1.54, 1.807) is 44.1 Å². The molecule has 3 N–H and O–H groups in total. The van der Waals surface area contributed by atoms with Crippen LogP contribution in [0.4, 0.5) is 4.79 Å². The molecule has 12 nitrogen and oxygen atoms in total. The van der Waals surface area contributed by atoms with Gasteiger partial charge in [-0.15, -0.1) is 0 Å². The summed E-state index contributed by atoms with van der Waals surface area (Å²) < 4.78 is 12.9. The molecule has 0 saturated carbocycles. The molecule has 6 rings (SSSR count). The van der Waals surface area contributed by atoms with Crippen LogP contribution in [0, 0.1) is 0 Å². The Hall–Kier alpha value is -5.01. The topological polar surface area (TPSA) is 147 Å². The molecule has 1 fully saturated rings. The van der Waals surface area contributed by atoms with Gasteiger partial charge in [0.25, 0.3) is 5.56 Å². The van der Waals surface area contributed by atoms with Gasteiger partial charge in [-0.1, -0.05) is 59.6 Å². The number of aliphatic hydroxyl groups excluding tert-OH is 1. The molecule has 1 saturated heterocycles. The molecular weight excluding hydrogens is 731 g/mol. The number of ether oxygens (including phenoxy) is 2. The van der Waals surface area contributed by atoms with Crippen molar-refractivity contribution in [3.8, 4) is 39.4 Å². The molecule has 1 atom stereocenters. The number of aliphatic hydroxyl groups is 1. The Morgan fingerprint density at radius 3 is 2.39 bits per heavy atom. The fourth-order valence-electron chi connectivity index (χ4n) is 6.34. The standard InChI is InChI=1S/C40H42Cl2N6O6/c1-40(2,3)54-39(52)47(23-27-12-14-34(50)45-27)22-25-11-13-32(46-37(25)53-4)31-10-6-9-30(36(31)42)29-8-5-7-28(35(29)41)24-15-17-48-33(19-24)44-21-26(38(48)51)20-43-16-18-49/h5-11,13,15,17,19,21,27,43,49H,12,14,16,18,20,22-23H2,1-4H3,(H,45,50)/t27-/m0/s1. The number of nitrogens with zero attached hydrogens (tertiary/aromatic N) is 4. The lowest BCUT2D eigenvalue weighted by Gasteiger charge is -2.29. The maximum absolute atomic E-state index is 13.3. The minimum Gasteiger partial charge on any atom is -0.481 e. The molecule has 0 radical (unpaired) electrons. The van der Waals surface area contributed by atoms with Gasteiger partial charge in [0.1, 0.15) is 11.2 Å². The highest BCUT2D eigenvalue weighted by atomic mass is 35.5. The van der Waals surface area contributed by atoms with Crippen molar-refractivity contribution in [1.82, 2.24) is 29.9 Å². The van der Waals surface area contributed by atoms with Crippen molar-refractivity contribution in [1.29, 1.82) is 0 Å². The van der Waals surface area contributed by atoms with Crippen molar-refractivity contribution in [2.45, 2.75) is 58.3 Å². The van der Waals surface area contributed by atoms with Gasteiger partial charge >= 0.3 is 6.09 Å². The minimum absolute atomic E-state index is 0.0255. The second-order valence-electron chi connectivity index (χ2n) is 14.0. The Kier molecular flexibility index (Phi) is 11.9. The second kappa shape index (κ2) is 16.6. The first-order valence-corrected chi connectivity index (χ1v) is 18.3. The molecule has 2 aromatic carbocycles. The summed E-state index contributed by atoms with van der Waals surface area (Å²) >= 11 is 14.2. The highest BCUT2D eigenvalue weighted by molar-refractivity contribution is 6.39. The predicted octanol–water partition coefficient (Wildman–Crippen LogP) is 6.50. The molecule has 3 aromatic heterocycles. The van der Waals surface area contributed by atoms with Gasteiger partial charge in [0, 0.05) is 77.9 Å². The fraction of sp³-hybridized carbons (Fsp3) is 0.325. The fourth-order valence-corrected chi connectivity index (χ4v) is 7.00. The number of nitrogens with one attached hydrogen (secondary N) is 2. The predicted molar refractivity (Wildman–Crippen MR) is 209 cm³/mol. The minimum atomic E-state index is -0.706. The molecule has 282 valence electrons. The zero-order valence-corrected chi connectivity index (χ0v) is 32.0. The van der Waals surface area contributed by atoms with E-state index in [-0.39, 0.29) is 37.2 Å². The lowest BCUT2D eigenvalue weighted by molar-refractivity contribution is -0.119. The van der Waals surface area contributed by atoms with E-state index in [4.69, 9.17) is 42.8 Å². The lowest BCUT2D eigenvalue weighted by atomic mass is 9.97. The van der Waals surface area contributed by atoms with E-state index >= 15 is 0 Å². The van der Waals surface area contributed by atoms with E-state index in [9.17, 15) is 14.4 Å². The van der Waals surface area contributed by atoms with Crippen LogP contribution in [0.2, 0.25) is 10.0 Å². The van der Waals surface area contributed by atoms with Crippen molar-refractivity contribution >= 4 is 40.8 Å². The first-order valence-electron chi connectivity index (χ1n) is 17.6. The Morgan fingerprint density at radius 2 is 1.72 bits per heavy atom. The largest absolute Gasteiger partial charge is 0.481 e. The van der Waals surface area contributed by atoms with Crippen LogP contribution in [0.5, 0.6) is 5.88 Å². The van der Waals surface area contributed by atoms with Gasteiger partial charge in [-0.05, 0) is 57.0 Å². The molecule has 54 heavy (non-hydrogen) atoms. The average Bonchev–Trinajstić information content (AvgIpc) is 3.56. The van der Waals surface area contributed by atoms with E-state index < -0.39 is 11.7 Å². The summed E-state index contributed by atoms with van der Waals surface area (Å²) in [5.41, 5.74) is 4.80. The van der Waals surface area contributed by atoms with Crippen molar-refractivity contribution in [3.05, 3.63) is 105 Å². The summed E-state index contributed by atoms with van der Waals surface area (Å²) in [4.78, 5) is 49.1. The zero-order valence-electron chi connectivity index (χ0n) is 30.5. The number of aromatic nitrogens is 3. The van der Waals surface area contributed by atoms with Crippen molar-refractivity contribution in [2.75, 3.05) is 26.8 Å². The van der Waals surface area contributed by atoms with Crippen LogP contribution < -0.4 is 20.9 Å². The van der Waals surface area contributed by atoms with Crippen LogP contribution in [-0.4, -0.2) is 74.8 Å². The van der Waals surface area contributed by atoms with Crippen LogP contribution in [0.25, 0.3) is 39.2 Å². The summed E-state index contributed by atoms with van der Waals surface area (Å²) in [6.45, 7) is 6.49. The van der Waals surface area contributed by atoms with E-state index in [0.29, 0.717) is 81.0 Å². The second-order valence-corrected chi connectivity index (χ2v) is 14.8. The summed E-state index contributed by atoms with van der Waals surface area (Å²) in [6, 6.07) is 18.4. The van der Waals surface area contributed by atoms with E-state index in [2.05, 4.69) is 15.6 Å². The summed E-state index contributed by atoms with van der Waals surface area (Å²) in [7, 11) is 1.52. The average molecular weight is 774 g/mol. The molecule has 0 unspecified atom stereocenters. The van der Waals surface area contributed by atoms with Gasteiger partial charge in [0.2, 0.25) is 11.8 Å². The first kappa shape index (κ1) is 38.7. The maximum atomic E-state index is 13.3. The monoisotopic (exact) mass is 772 g/mol. The molecule has 4 heterocycles. The van der Waals surface area contributed by atoms with Crippen molar-refractivity contribution in [3.63, 3.8) is 0 Å². The Morgan fingerprint density at radius 1 is 1.02 bits per heavy atom. The molecule has 14 heteroatoms. The Bertz CT molecular complexity index is 2260. The third-order valence-electron chi connectivity index (χ3n) is 8.93. The Balaban J connectivity index is 1.29. The summed E-state index contributed by atoms with van der Waals surface area (Å²) in [5.74, 6) is 0.276. The number of hydrogen-bond acceptors (Lipinski definition) is 9. The van der Waals surface area contributed by atoms with Crippen LogP contribution in [0.15, 0.2) is 77.9 Å². The van der Waals surface area contributed by atoms with Crippen LogP contribution in [0.3, 0.4) is 0 Å².